The van der Waals surface area contributed by atoms with E-state index in [4.69, 9.17) is 14.9 Å². The molecule has 168 valence electrons. The highest BCUT2D eigenvalue weighted by Gasteiger charge is 2.29. The van der Waals surface area contributed by atoms with E-state index < -0.39 is 11.9 Å². The average molecular weight is 413 g/mol. The fraction of sp³-hybridized carbons (Fsp3) is 0.870. The van der Waals surface area contributed by atoms with Crippen LogP contribution < -0.4 is 0 Å². The monoisotopic (exact) mass is 412 g/mol. The molecule has 6 nitrogen and oxygen atoms in total. The molecule has 1 rings (SSSR count). The Morgan fingerprint density at radius 3 is 1.72 bits per heavy atom. The molecule has 0 amide bonds. The zero-order chi connectivity index (χ0) is 21.6. The first-order valence-corrected chi connectivity index (χ1v) is 11.4. The maximum atomic E-state index is 12.0. The first-order valence-electron chi connectivity index (χ1n) is 11.4. The standard InChI is InChI=1S/C23H40O6/c1-17(2)6-4-3-5-13-29-23(28)12-9-20-15-18(7-10-21(24)25)14-19(16-20)8-11-22(26)27/h17-20H,3-16H2,1-2H3,(H,24,25)(H,26,27). The molecule has 0 radical (unpaired) electrons. The van der Waals surface area contributed by atoms with Gasteiger partial charge >= 0.3 is 17.9 Å². The largest absolute Gasteiger partial charge is 0.481 e. The number of hydrogen-bond acceptors (Lipinski definition) is 4. The second-order valence-electron chi connectivity index (χ2n) is 9.17. The first-order chi connectivity index (χ1) is 13.8. The molecule has 29 heavy (non-hydrogen) atoms. The number of carboxylic acid groups (broad SMARTS) is 2. The maximum absolute atomic E-state index is 12.0. The van der Waals surface area contributed by atoms with Crippen LogP contribution in [-0.2, 0) is 19.1 Å². The number of carboxylic acids is 2. The lowest BCUT2D eigenvalue weighted by molar-refractivity contribution is -0.144. The third-order valence-electron chi connectivity index (χ3n) is 5.98. The minimum atomic E-state index is -0.786. The summed E-state index contributed by atoms with van der Waals surface area (Å²) in [7, 11) is 0. The highest BCUT2D eigenvalue weighted by atomic mass is 16.5. The molecule has 2 unspecified atom stereocenters. The summed E-state index contributed by atoms with van der Waals surface area (Å²) in [5.74, 6) is -0.0474. The average Bonchev–Trinajstić information content (AvgIpc) is 2.65. The molecule has 0 aromatic heterocycles. The van der Waals surface area contributed by atoms with E-state index in [2.05, 4.69) is 13.8 Å². The Hall–Kier alpha value is -1.59. The Balaban J connectivity index is 2.33. The number of unbranched alkanes of at least 4 members (excludes halogenated alkanes) is 2. The van der Waals surface area contributed by atoms with Gasteiger partial charge in [-0.3, -0.25) is 14.4 Å². The maximum Gasteiger partial charge on any atom is 0.305 e. The van der Waals surface area contributed by atoms with E-state index in [1.165, 1.54) is 12.8 Å². The first kappa shape index (κ1) is 25.4. The van der Waals surface area contributed by atoms with Crippen LogP contribution in [0.2, 0.25) is 0 Å². The normalized spacial score (nSPS) is 21.8. The van der Waals surface area contributed by atoms with Crippen molar-refractivity contribution in [3.8, 4) is 0 Å². The number of esters is 1. The van der Waals surface area contributed by atoms with Crippen LogP contribution in [0.1, 0.15) is 97.3 Å². The van der Waals surface area contributed by atoms with E-state index in [9.17, 15) is 14.4 Å². The summed E-state index contributed by atoms with van der Waals surface area (Å²) < 4.78 is 5.36. The molecule has 2 N–H and O–H groups in total. The van der Waals surface area contributed by atoms with Crippen molar-refractivity contribution in [1.29, 1.82) is 0 Å². The van der Waals surface area contributed by atoms with Gasteiger partial charge in [-0.2, -0.15) is 0 Å². The van der Waals surface area contributed by atoms with E-state index in [-0.39, 0.29) is 18.8 Å². The minimum Gasteiger partial charge on any atom is -0.481 e. The molecule has 0 spiro atoms. The molecule has 1 saturated carbocycles. The van der Waals surface area contributed by atoms with Crippen LogP contribution >= 0.6 is 0 Å². The van der Waals surface area contributed by atoms with Crippen LogP contribution in [0.3, 0.4) is 0 Å². The molecule has 2 atom stereocenters. The van der Waals surface area contributed by atoms with E-state index in [0.717, 1.165) is 38.5 Å². The molecule has 6 heteroatoms. The summed E-state index contributed by atoms with van der Waals surface area (Å²) in [6.45, 7) is 4.91. The van der Waals surface area contributed by atoms with E-state index >= 15 is 0 Å². The van der Waals surface area contributed by atoms with E-state index in [0.29, 0.717) is 49.5 Å². The molecule has 0 heterocycles. The quantitative estimate of drug-likeness (QED) is 0.280. The van der Waals surface area contributed by atoms with Crippen LogP contribution in [0.15, 0.2) is 0 Å². The zero-order valence-corrected chi connectivity index (χ0v) is 18.2. The van der Waals surface area contributed by atoms with Gasteiger partial charge < -0.3 is 14.9 Å². The van der Waals surface area contributed by atoms with Gasteiger partial charge in [-0.25, -0.2) is 0 Å². The second-order valence-corrected chi connectivity index (χ2v) is 9.17. The Morgan fingerprint density at radius 1 is 0.793 bits per heavy atom. The van der Waals surface area contributed by atoms with Gasteiger partial charge in [0, 0.05) is 19.3 Å². The summed E-state index contributed by atoms with van der Waals surface area (Å²) >= 11 is 0. The lowest BCUT2D eigenvalue weighted by Crippen LogP contribution is -2.25. The second kappa shape index (κ2) is 14.4. The van der Waals surface area contributed by atoms with Crippen molar-refractivity contribution in [3.05, 3.63) is 0 Å². The van der Waals surface area contributed by atoms with Crippen molar-refractivity contribution in [2.24, 2.45) is 23.7 Å². The molecule has 0 aromatic rings. The van der Waals surface area contributed by atoms with Crippen molar-refractivity contribution in [2.45, 2.75) is 97.3 Å². The van der Waals surface area contributed by atoms with Crippen LogP contribution in [0.4, 0.5) is 0 Å². The third kappa shape index (κ3) is 13.3. The highest BCUT2D eigenvalue weighted by Crippen LogP contribution is 2.39. The SMILES string of the molecule is CC(C)CCCCCOC(=O)CCC1CC(CCC(=O)O)CC(CCC(=O)O)C1. The van der Waals surface area contributed by atoms with Crippen LogP contribution in [-0.4, -0.2) is 34.7 Å². The molecule has 1 aliphatic rings. The number of carbonyl (C=O) groups excluding carboxylic acids is 1. The van der Waals surface area contributed by atoms with Gasteiger partial charge in [-0.1, -0.05) is 33.1 Å². The molecule has 1 fully saturated rings. The molecule has 0 aliphatic heterocycles. The smallest absolute Gasteiger partial charge is 0.305 e. The number of carbonyl (C=O) groups is 3. The molecule has 0 bridgehead atoms. The van der Waals surface area contributed by atoms with Crippen molar-refractivity contribution < 1.29 is 29.3 Å². The molecular formula is C23H40O6. The summed E-state index contributed by atoms with van der Waals surface area (Å²) in [6, 6.07) is 0. The Bertz CT molecular complexity index is 476. The van der Waals surface area contributed by atoms with Crippen LogP contribution in [0.25, 0.3) is 0 Å². The van der Waals surface area contributed by atoms with Crippen LogP contribution in [0.5, 0.6) is 0 Å². The van der Waals surface area contributed by atoms with E-state index in [1.54, 1.807) is 0 Å². The lowest BCUT2D eigenvalue weighted by atomic mass is 9.71. The number of rotatable bonds is 15. The summed E-state index contributed by atoms with van der Waals surface area (Å²) in [4.78, 5) is 33.8. The van der Waals surface area contributed by atoms with Crippen molar-refractivity contribution >= 4 is 17.9 Å². The highest BCUT2D eigenvalue weighted by molar-refractivity contribution is 5.69. The van der Waals surface area contributed by atoms with Gasteiger partial charge in [0.25, 0.3) is 0 Å². The van der Waals surface area contributed by atoms with E-state index in [1.807, 2.05) is 0 Å². The topological polar surface area (TPSA) is 101 Å². The Morgan fingerprint density at radius 2 is 1.28 bits per heavy atom. The predicted molar refractivity (Wildman–Crippen MR) is 112 cm³/mol. The predicted octanol–water partition coefficient (Wildman–Crippen LogP) is 5.29. The molecular weight excluding hydrogens is 372 g/mol. The van der Waals surface area contributed by atoms with Gasteiger partial charge in [0.2, 0.25) is 0 Å². The minimum absolute atomic E-state index is 0.149. The number of hydrogen-bond donors (Lipinski definition) is 2. The van der Waals surface area contributed by atoms with Gasteiger partial charge in [-0.15, -0.1) is 0 Å². The van der Waals surface area contributed by atoms with Crippen molar-refractivity contribution in [3.63, 3.8) is 0 Å². The molecule has 0 aromatic carbocycles. The van der Waals surface area contributed by atoms with Crippen molar-refractivity contribution in [1.82, 2.24) is 0 Å². The molecule has 1 aliphatic carbocycles. The summed E-state index contributed by atoms with van der Waals surface area (Å²) in [6.07, 6.45) is 9.87. The fourth-order valence-electron chi connectivity index (χ4n) is 4.48. The van der Waals surface area contributed by atoms with Gasteiger partial charge in [0.15, 0.2) is 0 Å². The van der Waals surface area contributed by atoms with Gasteiger partial charge in [0.05, 0.1) is 6.61 Å². The lowest BCUT2D eigenvalue weighted by Gasteiger charge is -2.35. The number of aliphatic carboxylic acids is 2. The number of ether oxygens (including phenoxy) is 1. The third-order valence-corrected chi connectivity index (χ3v) is 5.98. The van der Waals surface area contributed by atoms with Crippen LogP contribution in [0, 0.1) is 23.7 Å². The Labute approximate surface area is 175 Å². The van der Waals surface area contributed by atoms with Gasteiger partial charge in [0.1, 0.15) is 0 Å². The summed E-state index contributed by atoms with van der Waals surface area (Å²) in [5.41, 5.74) is 0. The van der Waals surface area contributed by atoms with Gasteiger partial charge in [-0.05, 0) is 68.6 Å². The summed E-state index contributed by atoms with van der Waals surface area (Å²) in [5, 5.41) is 17.9. The van der Waals surface area contributed by atoms with Crippen molar-refractivity contribution in [2.75, 3.05) is 6.61 Å². The molecule has 0 saturated heterocycles. The Kier molecular flexibility index (Phi) is 12.6. The fourth-order valence-corrected chi connectivity index (χ4v) is 4.48. The zero-order valence-electron chi connectivity index (χ0n) is 18.2.